The monoisotopic (exact) mass is 263 g/mol. The molecule has 18 heavy (non-hydrogen) atoms. The topological polar surface area (TPSA) is 93.2 Å². The number of carbonyl (C=O) groups is 2. The van der Waals surface area contributed by atoms with Gasteiger partial charge in [0.15, 0.2) is 0 Å². The Morgan fingerprint density at radius 3 is 1.83 bits per heavy atom. The fraction of sp³-hybridized carbons (Fsp3) is 0.846. The van der Waals surface area contributed by atoms with Crippen molar-refractivity contribution >= 4 is 11.8 Å². The first-order valence-electron chi connectivity index (χ1n) is 6.39. The van der Waals surface area contributed by atoms with Gasteiger partial charge in [0.25, 0.3) is 0 Å². The van der Waals surface area contributed by atoms with Crippen molar-refractivity contribution in [2.75, 3.05) is 7.05 Å². The zero-order valence-electron chi connectivity index (χ0n) is 13.0. The molecule has 0 aromatic rings. The Labute approximate surface area is 113 Å². The van der Waals surface area contributed by atoms with Gasteiger partial charge in [0.1, 0.15) is 6.04 Å². The van der Waals surface area contributed by atoms with Crippen LogP contribution in [0.2, 0.25) is 0 Å². The highest BCUT2D eigenvalue weighted by molar-refractivity contribution is 5.87. The average molecular weight is 263 g/mol. The first-order valence-corrected chi connectivity index (χ1v) is 6.39. The molecule has 0 bridgehead atoms. The standard InChI is InChI=1S/C11H22N2O2.C2H6.H3N.H2/c1-7(2)6-9(14)13-10(8(3)4)11(15)12-5;1-2;;/h7-8,10H,6H2,1-5H3,(H,12,15)(H,13,14);1-2H3;1H3;1H/t10-;;;/m1.../s1. The van der Waals surface area contributed by atoms with Crippen LogP contribution in [-0.4, -0.2) is 24.9 Å². The molecule has 0 spiro atoms. The third-order valence-corrected chi connectivity index (χ3v) is 2.11. The van der Waals surface area contributed by atoms with Crippen LogP contribution in [0.4, 0.5) is 0 Å². The maximum Gasteiger partial charge on any atom is 0.242 e. The van der Waals surface area contributed by atoms with Gasteiger partial charge in [-0.1, -0.05) is 41.5 Å². The van der Waals surface area contributed by atoms with Crippen molar-refractivity contribution in [1.29, 1.82) is 0 Å². The molecular formula is C13H33N3O2. The zero-order valence-corrected chi connectivity index (χ0v) is 13.0. The molecule has 0 radical (unpaired) electrons. The van der Waals surface area contributed by atoms with Crippen molar-refractivity contribution < 1.29 is 11.0 Å². The van der Waals surface area contributed by atoms with Gasteiger partial charge in [-0.15, -0.1) is 0 Å². The van der Waals surface area contributed by atoms with Crippen molar-refractivity contribution in [1.82, 2.24) is 16.8 Å². The largest absolute Gasteiger partial charge is 0.357 e. The van der Waals surface area contributed by atoms with E-state index in [1.807, 2.05) is 41.5 Å². The van der Waals surface area contributed by atoms with Gasteiger partial charge in [-0.3, -0.25) is 9.59 Å². The maximum atomic E-state index is 11.5. The molecule has 0 saturated carbocycles. The quantitative estimate of drug-likeness (QED) is 0.710. The highest BCUT2D eigenvalue weighted by Gasteiger charge is 2.22. The zero-order chi connectivity index (χ0) is 14.0. The SMILES string of the molecule is CC.CNC(=O)[C@H](NC(=O)CC(C)C)C(C)C.N.[HH]. The van der Waals surface area contributed by atoms with Crippen LogP contribution < -0.4 is 16.8 Å². The van der Waals surface area contributed by atoms with Gasteiger partial charge in [-0.25, -0.2) is 0 Å². The first kappa shape index (κ1) is 22.1. The Kier molecular flexibility index (Phi) is 15.2. The van der Waals surface area contributed by atoms with Crippen LogP contribution in [0.3, 0.4) is 0 Å². The Morgan fingerprint density at radius 1 is 1.11 bits per heavy atom. The molecular weight excluding hydrogens is 230 g/mol. The summed E-state index contributed by atoms with van der Waals surface area (Å²) in [6, 6.07) is -0.429. The number of hydrogen-bond donors (Lipinski definition) is 3. The van der Waals surface area contributed by atoms with E-state index in [1.54, 1.807) is 7.05 Å². The van der Waals surface area contributed by atoms with Crippen molar-refractivity contribution in [3.05, 3.63) is 0 Å². The van der Waals surface area contributed by atoms with Crippen LogP contribution in [0.1, 0.15) is 49.4 Å². The van der Waals surface area contributed by atoms with Crippen molar-refractivity contribution in [2.24, 2.45) is 11.8 Å². The molecule has 0 unspecified atom stereocenters. The fourth-order valence-electron chi connectivity index (χ4n) is 1.29. The van der Waals surface area contributed by atoms with E-state index in [9.17, 15) is 9.59 Å². The molecule has 0 aromatic carbocycles. The second-order valence-electron chi connectivity index (χ2n) is 4.50. The van der Waals surface area contributed by atoms with E-state index < -0.39 is 6.04 Å². The molecule has 0 rings (SSSR count). The van der Waals surface area contributed by atoms with Gasteiger partial charge in [0.2, 0.25) is 11.8 Å². The molecule has 0 aliphatic carbocycles. The number of amides is 2. The molecule has 1 atom stereocenters. The third kappa shape index (κ3) is 10.1. The summed E-state index contributed by atoms with van der Waals surface area (Å²) < 4.78 is 0. The lowest BCUT2D eigenvalue weighted by molar-refractivity contribution is -0.130. The summed E-state index contributed by atoms with van der Waals surface area (Å²) >= 11 is 0. The van der Waals surface area contributed by atoms with Gasteiger partial charge in [0, 0.05) is 14.9 Å². The summed E-state index contributed by atoms with van der Waals surface area (Å²) in [5.41, 5.74) is 0. The van der Waals surface area contributed by atoms with E-state index in [-0.39, 0.29) is 25.3 Å². The second-order valence-corrected chi connectivity index (χ2v) is 4.50. The molecule has 0 aliphatic rings. The van der Waals surface area contributed by atoms with Crippen LogP contribution in [0.5, 0.6) is 0 Å². The summed E-state index contributed by atoms with van der Waals surface area (Å²) in [6.07, 6.45) is 0.459. The van der Waals surface area contributed by atoms with Gasteiger partial charge in [-0.05, 0) is 11.8 Å². The van der Waals surface area contributed by atoms with Crippen LogP contribution in [0.15, 0.2) is 0 Å². The van der Waals surface area contributed by atoms with Gasteiger partial charge < -0.3 is 16.8 Å². The minimum atomic E-state index is -0.429. The Balaban J connectivity index is -0.000000267. The minimum absolute atomic E-state index is 0. The Bertz CT molecular complexity index is 234. The molecule has 0 aliphatic heterocycles. The first-order chi connectivity index (χ1) is 7.88. The van der Waals surface area contributed by atoms with Crippen molar-refractivity contribution in [2.45, 2.75) is 54.0 Å². The lowest BCUT2D eigenvalue weighted by atomic mass is 10.0. The molecule has 0 aromatic heterocycles. The Morgan fingerprint density at radius 2 is 1.56 bits per heavy atom. The molecule has 5 N–H and O–H groups in total. The normalized spacial score (nSPS) is 10.9. The van der Waals surface area contributed by atoms with E-state index in [2.05, 4.69) is 10.6 Å². The van der Waals surface area contributed by atoms with Crippen molar-refractivity contribution in [3.8, 4) is 0 Å². The average Bonchev–Trinajstić information content (AvgIpc) is 2.26. The van der Waals surface area contributed by atoms with Crippen LogP contribution >= 0.6 is 0 Å². The smallest absolute Gasteiger partial charge is 0.242 e. The predicted octanol–water partition coefficient (Wildman–Crippen LogP) is 2.35. The summed E-state index contributed by atoms with van der Waals surface area (Å²) in [4.78, 5) is 22.9. The molecule has 0 fully saturated rings. The van der Waals surface area contributed by atoms with Crippen LogP contribution in [0.25, 0.3) is 0 Å². The van der Waals surface area contributed by atoms with E-state index in [1.165, 1.54) is 0 Å². The number of hydrogen-bond acceptors (Lipinski definition) is 3. The lowest BCUT2D eigenvalue weighted by Gasteiger charge is -2.21. The number of carbonyl (C=O) groups excluding carboxylic acids is 2. The second kappa shape index (κ2) is 12.4. The number of nitrogens with one attached hydrogen (secondary N) is 2. The lowest BCUT2D eigenvalue weighted by Crippen LogP contribution is -2.48. The Hall–Kier alpha value is -1.10. The van der Waals surface area contributed by atoms with E-state index >= 15 is 0 Å². The molecule has 112 valence electrons. The molecule has 2 amide bonds. The summed E-state index contributed by atoms with van der Waals surface area (Å²) in [5.74, 6) is 0.206. The molecule has 0 saturated heterocycles. The highest BCUT2D eigenvalue weighted by atomic mass is 16.2. The fourth-order valence-corrected chi connectivity index (χ4v) is 1.29. The highest BCUT2D eigenvalue weighted by Crippen LogP contribution is 2.04. The van der Waals surface area contributed by atoms with Gasteiger partial charge in [0.05, 0.1) is 0 Å². The summed E-state index contributed by atoms with van der Waals surface area (Å²) in [6.45, 7) is 11.8. The van der Waals surface area contributed by atoms with Gasteiger partial charge in [-0.2, -0.15) is 0 Å². The maximum absolute atomic E-state index is 11.5. The molecule has 5 nitrogen and oxygen atoms in total. The van der Waals surface area contributed by atoms with Crippen LogP contribution in [-0.2, 0) is 9.59 Å². The minimum Gasteiger partial charge on any atom is -0.357 e. The third-order valence-electron chi connectivity index (χ3n) is 2.11. The van der Waals surface area contributed by atoms with E-state index in [4.69, 9.17) is 0 Å². The van der Waals surface area contributed by atoms with Crippen LogP contribution in [0, 0.1) is 11.8 Å². The number of rotatable bonds is 5. The van der Waals surface area contributed by atoms with Gasteiger partial charge >= 0.3 is 0 Å². The summed E-state index contributed by atoms with van der Waals surface area (Å²) in [7, 11) is 1.58. The van der Waals surface area contributed by atoms with Crippen molar-refractivity contribution in [3.63, 3.8) is 0 Å². The van der Waals surface area contributed by atoms with E-state index in [0.29, 0.717) is 12.3 Å². The van der Waals surface area contributed by atoms with E-state index in [0.717, 1.165) is 0 Å². The molecule has 5 heteroatoms. The predicted molar refractivity (Wildman–Crippen MR) is 78.8 cm³/mol. The summed E-state index contributed by atoms with van der Waals surface area (Å²) in [5, 5.41) is 5.30. The number of likely N-dealkylation sites (N-methyl/N-ethyl adjacent to an activating group) is 1. The molecule has 0 heterocycles.